The summed E-state index contributed by atoms with van der Waals surface area (Å²) in [5.41, 5.74) is 47.8. The molecule has 0 unspecified atom stereocenters. The van der Waals surface area contributed by atoms with Gasteiger partial charge in [-0.2, -0.15) is 0 Å². The standard InChI is InChI=1S/C16H20IN7/c1-3-5-6(11(19)14(22)9(17)10(5)18)4(2)8-7(3)12(20)15(23)16(24)13(8)21/h18-24H2,1-2H3. The molecule has 0 aliphatic heterocycles. The van der Waals surface area contributed by atoms with Gasteiger partial charge >= 0.3 is 0 Å². The summed E-state index contributed by atoms with van der Waals surface area (Å²) in [5.74, 6) is 0. The maximum atomic E-state index is 6.33. The van der Waals surface area contributed by atoms with Crippen LogP contribution >= 0.6 is 22.6 Å². The van der Waals surface area contributed by atoms with Gasteiger partial charge in [-0.05, 0) is 47.6 Å². The number of nitrogen functional groups attached to an aromatic ring is 7. The number of hydrogen-bond donors (Lipinski definition) is 7. The van der Waals surface area contributed by atoms with Crippen molar-refractivity contribution in [2.45, 2.75) is 13.8 Å². The lowest BCUT2D eigenvalue weighted by atomic mass is 9.88. The molecule has 3 aromatic rings. The normalized spacial score (nSPS) is 11.5. The molecular formula is C16H20IN7. The van der Waals surface area contributed by atoms with E-state index >= 15 is 0 Å². The van der Waals surface area contributed by atoms with Crippen LogP contribution in [0.1, 0.15) is 11.1 Å². The van der Waals surface area contributed by atoms with Crippen LogP contribution in [-0.2, 0) is 0 Å². The van der Waals surface area contributed by atoms with Crippen molar-refractivity contribution in [3.8, 4) is 0 Å². The Bertz CT molecular complexity index is 892. The SMILES string of the molecule is Cc1c2c(N)c(N)c(N)c(N)c2c(C)c2c(N)c(I)c(N)c(N)c12. The van der Waals surface area contributed by atoms with Crippen molar-refractivity contribution in [3.63, 3.8) is 0 Å². The molecule has 0 saturated heterocycles. The molecule has 3 rings (SSSR count). The molecule has 0 saturated carbocycles. The highest BCUT2D eigenvalue weighted by Gasteiger charge is 2.23. The molecule has 0 spiro atoms. The molecule has 0 radical (unpaired) electrons. The van der Waals surface area contributed by atoms with Crippen LogP contribution in [0.3, 0.4) is 0 Å². The molecular weight excluding hydrogens is 417 g/mol. The van der Waals surface area contributed by atoms with Gasteiger partial charge in [0.1, 0.15) is 0 Å². The van der Waals surface area contributed by atoms with Crippen LogP contribution in [0.2, 0.25) is 0 Å². The molecule has 14 N–H and O–H groups in total. The fourth-order valence-corrected chi connectivity index (χ4v) is 3.97. The highest BCUT2D eigenvalue weighted by molar-refractivity contribution is 14.1. The smallest absolute Gasteiger partial charge is 0.0809 e. The number of anilines is 7. The predicted octanol–water partition coefficient (Wildman–Crippen LogP) is 2.29. The second-order valence-corrected chi connectivity index (χ2v) is 7.04. The molecule has 3 aromatic carbocycles. The minimum absolute atomic E-state index is 0.270. The molecule has 0 fully saturated rings. The fourth-order valence-electron chi connectivity index (χ4n) is 3.41. The highest BCUT2D eigenvalue weighted by atomic mass is 127. The molecule has 0 amide bonds. The summed E-state index contributed by atoms with van der Waals surface area (Å²) >= 11 is 2.09. The van der Waals surface area contributed by atoms with E-state index in [1.807, 2.05) is 13.8 Å². The number of nitrogens with two attached hydrogens (primary N) is 7. The Kier molecular flexibility index (Phi) is 3.41. The molecule has 24 heavy (non-hydrogen) atoms. The van der Waals surface area contributed by atoms with Gasteiger partial charge in [0.05, 0.1) is 43.4 Å². The maximum Gasteiger partial charge on any atom is 0.0809 e. The van der Waals surface area contributed by atoms with Gasteiger partial charge in [0.15, 0.2) is 0 Å². The van der Waals surface area contributed by atoms with Crippen molar-refractivity contribution in [2.75, 3.05) is 40.1 Å². The minimum Gasteiger partial charge on any atom is -0.397 e. The molecule has 0 bridgehead atoms. The van der Waals surface area contributed by atoms with Gasteiger partial charge in [-0.3, -0.25) is 0 Å². The summed E-state index contributed by atoms with van der Waals surface area (Å²) < 4.78 is 0.717. The largest absolute Gasteiger partial charge is 0.397 e. The summed E-state index contributed by atoms with van der Waals surface area (Å²) in [6.07, 6.45) is 0. The van der Waals surface area contributed by atoms with Gasteiger partial charge < -0.3 is 40.1 Å². The monoisotopic (exact) mass is 437 g/mol. The summed E-state index contributed by atoms with van der Waals surface area (Å²) in [6.45, 7) is 3.81. The molecule has 0 atom stereocenters. The molecule has 8 heteroatoms. The van der Waals surface area contributed by atoms with E-state index in [9.17, 15) is 0 Å². The zero-order chi connectivity index (χ0) is 18.1. The quantitative estimate of drug-likeness (QED) is 0.160. The summed E-state index contributed by atoms with van der Waals surface area (Å²) in [4.78, 5) is 0. The fraction of sp³-hybridized carbons (Fsp3) is 0.125. The Morgan fingerprint density at radius 3 is 1.12 bits per heavy atom. The number of benzene rings is 3. The summed E-state index contributed by atoms with van der Waals surface area (Å²) in [5, 5.41) is 3.06. The molecule has 0 aromatic heterocycles. The molecule has 0 heterocycles. The van der Waals surface area contributed by atoms with Gasteiger partial charge in [-0.25, -0.2) is 0 Å². The zero-order valence-electron chi connectivity index (χ0n) is 13.4. The van der Waals surface area contributed by atoms with Gasteiger partial charge in [0.25, 0.3) is 0 Å². The first kappa shape index (κ1) is 16.4. The van der Waals surface area contributed by atoms with Gasteiger partial charge in [0.2, 0.25) is 0 Å². The molecule has 126 valence electrons. The highest BCUT2D eigenvalue weighted by Crippen LogP contribution is 2.49. The Morgan fingerprint density at radius 1 is 0.458 bits per heavy atom. The van der Waals surface area contributed by atoms with E-state index in [0.29, 0.717) is 28.4 Å². The topological polar surface area (TPSA) is 182 Å². The van der Waals surface area contributed by atoms with Crippen LogP contribution in [0.15, 0.2) is 0 Å². The second kappa shape index (κ2) is 5.00. The summed E-state index contributed by atoms with van der Waals surface area (Å²) in [6, 6.07) is 0. The molecule has 0 aliphatic rings. The first-order valence-corrected chi connectivity index (χ1v) is 8.29. The van der Waals surface area contributed by atoms with E-state index in [1.165, 1.54) is 0 Å². The van der Waals surface area contributed by atoms with Gasteiger partial charge in [-0.15, -0.1) is 0 Å². The molecule has 0 aliphatic carbocycles. The Balaban J connectivity index is 2.82. The summed E-state index contributed by atoms with van der Waals surface area (Å²) in [7, 11) is 0. The van der Waals surface area contributed by atoms with E-state index in [4.69, 9.17) is 40.1 Å². The lowest BCUT2D eigenvalue weighted by Crippen LogP contribution is -2.09. The lowest BCUT2D eigenvalue weighted by molar-refractivity contribution is 1.51. The van der Waals surface area contributed by atoms with Crippen molar-refractivity contribution in [2.24, 2.45) is 0 Å². The van der Waals surface area contributed by atoms with Crippen molar-refractivity contribution in [1.29, 1.82) is 0 Å². The van der Waals surface area contributed by atoms with E-state index < -0.39 is 0 Å². The van der Waals surface area contributed by atoms with Crippen molar-refractivity contribution < 1.29 is 0 Å². The molecule has 7 nitrogen and oxygen atoms in total. The van der Waals surface area contributed by atoms with Crippen LogP contribution < -0.4 is 40.1 Å². The van der Waals surface area contributed by atoms with E-state index in [-0.39, 0.29) is 11.4 Å². The third-order valence-electron chi connectivity index (χ3n) is 4.71. The average Bonchev–Trinajstić information content (AvgIpc) is 2.55. The number of aryl methyl sites for hydroxylation is 2. The van der Waals surface area contributed by atoms with E-state index in [1.54, 1.807) is 0 Å². The number of hydrogen-bond acceptors (Lipinski definition) is 7. The van der Waals surface area contributed by atoms with Crippen molar-refractivity contribution in [3.05, 3.63) is 14.7 Å². The Morgan fingerprint density at radius 2 is 0.750 bits per heavy atom. The van der Waals surface area contributed by atoms with Gasteiger partial charge in [0, 0.05) is 21.5 Å². The Labute approximate surface area is 152 Å². The predicted molar refractivity (Wildman–Crippen MR) is 115 cm³/mol. The Hall–Kier alpha value is -2.49. The average molecular weight is 437 g/mol. The van der Waals surface area contributed by atoms with Crippen molar-refractivity contribution >= 4 is 83.9 Å². The van der Waals surface area contributed by atoms with Crippen LogP contribution in [0.4, 0.5) is 39.8 Å². The van der Waals surface area contributed by atoms with Crippen LogP contribution in [-0.4, -0.2) is 0 Å². The number of halogens is 1. The lowest BCUT2D eigenvalue weighted by Gasteiger charge is -2.22. The van der Waals surface area contributed by atoms with Crippen LogP contribution in [0.25, 0.3) is 21.5 Å². The first-order valence-electron chi connectivity index (χ1n) is 7.21. The van der Waals surface area contributed by atoms with Gasteiger partial charge in [-0.1, -0.05) is 0 Å². The van der Waals surface area contributed by atoms with E-state index in [2.05, 4.69) is 22.6 Å². The van der Waals surface area contributed by atoms with E-state index in [0.717, 1.165) is 36.2 Å². The van der Waals surface area contributed by atoms with Crippen LogP contribution in [0, 0.1) is 17.4 Å². The maximum absolute atomic E-state index is 6.33. The van der Waals surface area contributed by atoms with Crippen molar-refractivity contribution in [1.82, 2.24) is 0 Å². The third kappa shape index (κ3) is 1.77. The third-order valence-corrected chi connectivity index (χ3v) is 5.87. The second-order valence-electron chi connectivity index (χ2n) is 5.96. The minimum atomic E-state index is 0.270. The number of fused-ring (bicyclic) bond motifs is 2. The van der Waals surface area contributed by atoms with Crippen LogP contribution in [0.5, 0.6) is 0 Å². The first-order chi connectivity index (χ1) is 11.1. The number of rotatable bonds is 0. The zero-order valence-corrected chi connectivity index (χ0v) is 15.6.